The Morgan fingerprint density at radius 1 is 1.13 bits per heavy atom. The summed E-state index contributed by atoms with van der Waals surface area (Å²) in [7, 11) is 0. The zero-order valence-electron chi connectivity index (χ0n) is 14.1. The van der Waals surface area contributed by atoms with Crippen molar-refractivity contribution in [2.24, 2.45) is 5.92 Å². The van der Waals surface area contributed by atoms with E-state index in [-0.39, 0.29) is 23.9 Å². The maximum atomic E-state index is 12.8. The van der Waals surface area contributed by atoms with Crippen LogP contribution in [0.15, 0.2) is 23.8 Å². The van der Waals surface area contributed by atoms with E-state index in [1.54, 1.807) is 0 Å². The average molecular weight is 312 g/mol. The van der Waals surface area contributed by atoms with Gasteiger partial charge in [-0.2, -0.15) is 0 Å². The van der Waals surface area contributed by atoms with Gasteiger partial charge in [0.25, 0.3) is 0 Å². The normalized spacial score (nSPS) is 27.0. The Balaban J connectivity index is 1.91. The highest BCUT2D eigenvalue weighted by Gasteiger charge is 2.39. The number of benzene rings is 1. The molecular formula is C20H24O3. The number of aryl methyl sites for hydroxylation is 3. The summed E-state index contributed by atoms with van der Waals surface area (Å²) >= 11 is 0. The molecule has 3 nitrogen and oxygen atoms in total. The fraction of sp³-hybridized carbons (Fsp3) is 0.500. The molecule has 1 aromatic carbocycles. The molecule has 2 unspecified atom stereocenters. The summed E-state index contributed by atoms with van der Waals surface area (Å²) in [5.41, 5.74) is 4.84. The summed E-state index contributed by atoms with van der Waals surface area (Å²) in [6, 6.07) is 4.11. The largest absolute Gasteiger partial charge is 0.381 e. The molecule has 1 heterocycles. The zero-order valence-corrected chi connectivity index (χ0v) is 14.1. The maximum absolute atomic E-state index is 12.8. The third-order valence-corrected chi connectivity index (χ3v) is 4.92. The molecule has 0 amide bonds. The first-order valence-corrected chi connectivity index (χ1v) is 8.40. The first-order chi connectivity index (χ1) is 11.0. The van der Waals surface area contributed by atoms with Gasteiger partial charge in [0.05, 0.1) is 6.61 Å². The topological polar surface area (TPSA) is 43.4 Å². The molecule has 2 aliphatic rings. The number of carbonyl (C=O) groups is 2. The highest BCUT2D eigenvalue weighted by molar-refractivity contribution is 6.23. The molecule has 0 radical (unpaired) electrons. The van der Waals surface area contributed by atoms with Crippen LogP contribution >= 0.6 is 0 Å². The fourth-order valence-electron chi connectivity index (χ4n) is 3.97. The molecule has 122 valence electrons. The van der Waals surface area contributed by atoms with Crippen molar-refractivity contribution in [2.45, 2.75) is 46.0 Å². The van der Waals surface area contributed by atoms with Crippen molar-refractivity contribution in [3.8, 4) is 0 Å². The number of allylic oxidation sites excluding steroid dienone is 1. The van der Waals surface area contributed by atoms with Crippen LogP contribution in [-0.4, -0.2) is 24.8 Å². The third-order valence-electron chi connectivity index (χ3n) is 4.92. The Hall–Kier alpha value is -1.74. The van der Waals surface area contributed by atoms with E-state index in [9.17, 15) is 9.59 Å². The van der Waals surface area contributed by atoms with E-state index in [1.165, 1.54) is 0 Å². The second-order valence-electron chi connectivity index (χ2n) is 6.92. The number of hydrogen-bond acceptors (Lipinski definition) is 3. The van der Waals surface area contributed by atoms with Crippen LogP contribution in [0.2, 0.25) is 0 Å². The summed E-state index contributed by atoms with van der Waals surface area (Å²) in [4.78, 5) is 25.4. The molecule has 0 spiro atoms. The molecule has 1 aliphatic carbocycles. The Kier molecular flexibility index (Phi) is 4.49. The molecule has 0 N–H and O–H groups in total. The molecule has 1 saturated carbocycles. The van der Waals surface area contributed by atoms with Crippen molar-refractivity contribution in [2.75, 3.05) is 13.2 Å². The van der Waals surface area contributed by atoms with Gasteiger partial charge in [-0.3, -0.25) is 9.59 Å². The minimum Gasteiger partial charge on any atom is -0.381 e. The summed E-state index contributed by atoms with van der Waals surface area (Å²) < 4.78 is 5.48. The third kappa shape index (κ3) is 3.16. The molecule has 0 bridgehead atoms. The van der Waals surface area contributed by atoms with Gasteiger partial charge in [0.1, 0.15) is 5.92 Å². The number of ketones is 2. The van der Waals surface area contributed by atoms with Crippen LogP contribution in [0.25, 0.3) is 0 Å². The van der Waals surface area contributed by atoms with Crippen LogP contribution in [0.5, 0.6) is 0 Å². The van der Waals surface area contributed by atoms with Gasteiger partial charge < -0.3 is 4.74 Å². The van der Waals surface area contributed by atoms with Crippen molar-refractivity contribution in [3.05, 3.63) is 46.0 Å². The minimum absolute atomic E-state index is 0.00405. The Morgan fingerprint density at radius 2 is 1.83 bits per heavy atom. The van der Waals surface area contributed by atoms with Gasteiger partial charge in [-0.1, -0.05) is 23.8 Å². The molecule has 3 rings (SSSR count). The molecule has 2 fully saturated rings. The summed E-state index contributed by atoms with van der Waals surface area (Å²) in [5.74, 6) is -0.301. The molecule has 23 heavy (non-hydrogen) atoms. The van der Waals surface area contributed by atoms with Crippen LogP contribution in [0, 0.1) is 26.7 Å². The molecule has 2 atom stereocenters. The summed E-state index contributed by atoms with van der Waals surface area (Å²) in [5, 5.41) is 0. The second kappa shape index (κ2) is 6.40. The number of rotatable bonds is 2. The van der Waals surface area contributed by atoms with E-state index in [0.29, 0.717) is 12.2 Å². The molecule has 1 saturated heterocycles. The highest BCUT2D eigenvalue weighted by atomic mass is 16.5. The van der Waals surface area contributed by atoms with E-state index in [1.807, 2.05) is 26.8 Å². The van der Waals surface area contributed by atoms with E-state index in [4.69, 9.17) is 4.74 Å². The van der Waals surface area contributed by atoms with Crippen LogP contribution in [0.4, 0.5) is 0 Å². The summed E-state index contributed by atoms with van der Waals surface area (Å²) in [6.07, 6.45) is 4.33. The van der Waals surface area contributed by atoms with Crippen LogP contribution < -0.4 is 0 Å². The van der Waals surface area contributed by atoms with Crippen molar-refractivity contribution < 1.29 is 14.3 Å². The predicted octanol–water partition coefficient (Wildman–Crippen LogP) is 3.59. The quantitative estimate of drug-likeness (QED) is 0.619. The Labute approximate surface area is 137 Å². The zero-order chi connectivity index (χ0) is 16.6. The lowest BCUT2D eigenvalue weighted by molar-refractivity contribution is -0.123. The molecule has 3 heteroatoms. The Morgan fingerprint density at radius 3 is 2.43 bits per heavy atom. The molecule has 1 aromatic rings. The van der Waals surface area contributed by atoms with E-state index >= 15 is 0 Å². The highest BCUT2D eigenvalue weighted by Crippen LogP contribution is 2.36. The van der Waals surface area contributed by atoms with Gasteiger partial charge in [-0.15, -0.1) is 0 Å². The molecule has 1 aliphatic heterocycles. The molecule has 0 aromatic heterocycles. The first kappa shape index (κ1) is 16.1. The van der Waals surface area contributed by atoms with Crippen molar-refractivity contribution in [1.29, 1.82) is 0 Å². The van der Waals surface area contributed by atoms with Gasteiger partial charge in [-0.05, 0) is 50.3 Å². The van der Waals surface area contributed by atoms with Crippen LogP contribution in [0.3, 0.4) is 0 Å². The number of hydrogen-bond donors (Lipinski definition) is 0. The van der Waals surface area contributed by atoms with E-state index < -0.39 is 5.92 Å². The van der Waals surface area contributed by atoms with Crippen molar-refractivity contribution >= 4 is 11.6 Å². The maximum Gasteiger partial charge on any atom is 0.173 e. The SMILES string of the molecule is Cc1cc(C)c(C2C(=O)C/C(=C\C3CCCOC3)C2=O)c(C)c1. The molecular weight excluding hydrogens is 288 g/mol. The van der Waals surface area contributed by atoms with Crippen LogP contribution in [-0.2, 0) is 14.3 Å². The monoisotopic (exact) mass is 312 g/mol. The predicted molar refractivity (Wildman–Crippen MR) is 89.7 cm³/mol. The van der Waals surface area contributed by atoms with Gasteiger partial charge in [0.2, 0.25) is 0 Å². The number of carbonyl (C=O) groups excluding carboxylic acids is 2. The smallest absolute Gasteiger partial charge is 0.173 e. The van der Waals surface area contributed by atoms with E-state index in [0.717, 1.165) is 41.7 Å². The van der Waals surface area contributed by atoms with Gasteiger partial charge in [0, 0.05) is 24.5 Å². The fourth-order valence-corrected chi connectivity index (χ4v) is 3.97. The van der Waals surface area contributed by atoms with Gasteiger partial charge in [-0.25, -0.2) is 0 Å². The lowest BCUT2D eigenvalue weighted by Crippen LogP contribution is -2.17. The van der Waals surface area contributed by atoms with Crippen molar-refractivity contribution in [1.82, 2.24) is 0 Å². The van der Waals surface area contributed by atoms with Crippen LogP contribution in [0.1, 0.15) is 47.4 Å². The summed E-state index contributed by atoms with van der Waals surface area (Å²) in [6.45, 7) is 7.49. The Bertz CT molecular complexity index is 655. The van der Waals surface area contributed by atoms with Crippen molar-refractivity contribution in [3.63, 3.8) is 0 Å². The standard InChI is InChI=1S/C20H24O3/c1-12-7-13(2)18(14(3)8-12)19-17(21)10-16(20(19)22)9-15-5-4-6-23-11-15/h7-9,15,19H,4-6,10-11H2,1-3H3/b16-9+. The lowest BCUT2D eigenvalue weighted by Gasteiger charge is -2.19. The lowest BCUT2D eigenvalue weighted by atomic mass is 9.87. The average Bonchev–Trinajstić information content (AvgIpc) is 2.75. The van der Waals surface area contributed by atoms with Gasteiger partial charge >= 0.3 is 0 Å². The van der Waals surface area contributed by atoms with E-state index in [2.05, 4.69) is 12.1 Å². The van der Waals surface area contributed by atoms with Gasteiger partial charge in [0.15, 0.2) is 11.6 Å². The number of Topliss-reactive ketones (excluding diaryl/α,β-unsaturated/α-hetero) is 2. The first-order valence-electron chi connectivity index (χ1n) is 8.40. The number of ether oxygens (including phenoxy) is 1. The minimum atomic E-state index is -0.605. The second-order valence-corrected chi connectivity index (χ2v) is 6.92.